The van der Waals surface area contributed by atoms with Crippen molar-refractivity contribution in [1.29, 1.82) is 5.26 Å². The summed E-state index contributed by atoms with van der Waals surface area (Å²) in [5.74, 6) is -0.286. The van der Waals surface area contributed by atoms with Gasteiger partial charge < -0.3 is 10.4 Å². The fraction of sp³-hybridized carbons (Fsp3) is 0.462. The number of amides is 1. The lowest BCUT2D eigenvalue weighted by atomic mass is 10.2. The van der Waals surface area contributed by atoms with Gasteiger partial charge in [-0.3, -0.25) is 4.79 Å². The van der Waals surface area contributed by atoms with Crippen LogP contribution in [-0.4, -0.2) is 28.6 Å². The van der Waals surface area contributed by atoms with Crippen LogP contribution in [-0.2, 0) is 0 Å². The van der Waals surface area contributed by atoms with Crippen LogP contribution < -0.4 is 5.32 Å². The van der Waals surface area contributed by atoms with Crippen LogP contribution in [0.5, 0.6) is 0 Å². The summed E-state index contributed by atoms with van der Waals surface area (Å²) in [5, 5.41) is 20.8. The third-order valence-corrected chi connectivity index (χ3v) is 2.67. The summed E-state index contributed by atoms with van der Waals surface area (Å²) in [7, 11) is 0. The summed E-state index contributed by atoms with van der Waals surface area (Å²) in [4.78, 5) is 15.8. The molecule has 5 heteroatoms. The Labute approximate surface area is 106 Å². The molecular weight excluding hydrogens is 230 g/mol. The Morgan fingerprint density at radius 2 is 2.33 bits per heavy atom. The molecule has 0 radical (unpaired) electrons. The molecule has 0 bridgehead atoms. The largest absolute Gasteiger partial charge is 0.393 e. The maximum absolute atomic E-state index is 11.7. The van der Waals surface area contributed by atoms with Gasteiger partial charge >= 0.3 is 0 Å². The number of nitrogens with one attached hydrogen (secondary N) is 1. The first-order chi connectivity index (χ1) is 8.58. The molecule has 2 N–H and O–H groups in total. The molecule has 1 unspecified atom stereocenters. The summed E-state index contributed by atoms with van der Waals surface area (Å²) in [6.45, 7) is 3.99. The van der Waals surface area contributed by atoms with Crippen molar-refractivity contribution in [3.05, 3.63) is 29.1 Å². The van der Waals surface area contributed by atoms with E-state index >= 15 is 0 Å². The van der Waals surface area contributed by atoms with Crippen LogP contribution >= 0.6 is 0 Å². The summed E-state index contributed by atoms with van der Waals surface area (Å²) in [6.07, 6.45) is 0.808. The minimum atomic E-state index is -0.388. The van der Waals surface area contributed by atoms with Gasteiger partial charge in [0.15, 0.2) is 0 Å². The van der Waals surface area contributed by atoms with Gasteiger partial charge in [0.05, 0.1) is 17.4 Å². The second-order valence-electron chi connectivity index (χ2n) is 4.05. The Bertz CT molecular complexity index is 466. The van der Waals surface area contributed by atoms with Gasteiger partial charge in [-0.2, -0.15) is 5.26 Å². The standard InChI is InChI=1S/C13H17N3O2/c1-3-11(17)6-7-15-13(18)12-5-4-10(8-14)9(2)16-12/h4-5,11,17H,3,6-7H2,1-2H3,(H,15,18). The van der Waals surface area contributed by atoms with Crippen molar-refractivity contribution in [2.45, 2.75) is 32.8 Å². The number of hydrogen-bond acceptors (Lipinski definition) is 4. The third-order valence-electron chi connectivity index (χ3n) is 2.67. The molecule has 0 fully saturated rings. The number of nitrogens with zero attached hydrogens (tertiary/aromatic N) is 2. The summed E-state index contributed by atoms with van der Waals surface area (Å²) < 4.78 is 0. The lowest BCUT2D eigenvalue weighted by Gasteiger charge is -2.09. The summed E-state index contributed by atoms with van der Waals surface area (Å²) in [6, 6.07) is 5.11. The number of rotatable bonds is 5. The Kier molecular flexibility index (Phi) is 5.28. The number of aliphatic hydroxyl groups excluding tert-OH is 1. The van der Waals surface area contributed by atoms with E-state index in [0.29, 0.717) is 30.6 Å². The summed E-state index contributed by atoms with van der Waals surface area (Å²) >= 11 is 0. The minimum absolute atomic E-state index is 0.286. The highest BCUT2D eigenvalue weighted by Gasteiger charge is 2.09. The predicted octanol–water partition coefficient (Wildman–Crippen LogP) is 1.15. The first-order valence-electron chi connectivity index (χ1n) is 5.92. The van der Waals surface area contributed by atoms with Gasteiger partial charge in [0.2, 0.25) is 0 Å². The Hall–Kier alpha value is -1.93. The van der Waals surface area contributed by atoms with Gasteiger partial charge in [0.1, 0.15) is 11.8 Å². The highest BCUT2D eigenvalue weighted by molar-refractivity contribution is 5.92. The van der Waals surface area contributed by atoms with Gasteiger partial charge in [-0.15, -0.1) is 0 Å². The molecule has 1 heterocycles. The van der Waals surface area contributed by atoms with E-state index in [0.717, 1.165) is 0 Å². The van der Waals surface area contributed by atoms with Crippen molar-refractivity contribution in [2.24, 2.45) is 0 Å². The van der Waals surface area contributed by atoms with E-state index in [1.54, 1.807) is 13.0 Å². The van der Waals surface area contributed by atoms with E-state index in [2.05, 4.69) is 10.3 Å². The van der Waals surface area contributed by atoms with Crippen molar-refractivity contribution in [3.63, 3.8) is 0 Å². The van der Waals surface area contributed by atoms with E-state index in [1.165, 1.54) is 6.07 Å². The Morgan fingerprint density at radius 3 is 2.89 bits per heavy atom. The zero-order valence-corrected chi connectivity index (χ0v) is 10.6. The van der Waals surface area contributed by atoms with E-state index in [4.69, 9.17) is 5.26 Å². The quantitative estimate of drug-likeness (QED) is 0.817. The number of carbonyl (C=O) groups excluding carboxylic acids is 1. The molecule has 0 spiro atoms. The summed E-state index contributed by atoms with van der Waals surface area (Å²) in [5.41, 5.74) is 1.30. The number of hydrogen-bond donors (Lipinski definition) is 2. The van der Waals surface area contributed by atoms with Crippen LogP contribution in [0.4, 0.5) is 0 Å². The van der Waals surface area contributed by atoms with Crippen molar-refractivity contribution in [3.8, 4) is 6.07 Å². The predicted molar refractivity (Wildman–Crippen MR) is 66.9 cm³/mol. The normalized spacial score (nSPS) is 11.7. The smallest absolute Gasteiger partial charge is 0.269 e. The highest BCUT2D eigenvalue weighted by Crippen LogP contribution is 2.05. The molecule has 1 atom stereocenters. The molecule has 0 saturated carbocycles. The number of nitriles is 1. The zero-order chi connectivity index (χ0) is 13.5. The molecule has 0 aliphatic heterocycles. The molecule has 0 aromatic carbocycles. The Balaban J connectivity index is 2.57. The van der Waals surface area contributed by atoms with Crippen LogP contribution in [0.2, 0.25) is 0 Å². The SMILES string of the molecule is CCC(O)CCNC(=O)c1ccc(C#N)c(C)n1. The molecule has 0 saturated heterocycles. The van der Waals surface area contributed by atoms with Crippen molar-refractivity contribution >= 4 is 5.91 Å². The third kappa shape index (κ3) is 3.82. The highest BCUT2D eigenvalue weighted by atomic mass is 16.3. The van der Waals surface area contributed by atoms with Gasteiger partial charge in [-0.25, -0.2) is 4.98 Å². The zero-order valence-electron chi connectivity index (χ0n) is 10.6. The Morgan fingerprint density at radius 1 is 1.61 bits per heavy atom. The van der Waals surface area contributed by atoms with Gasteiger partial charge in [0.25, 0.3) is 5.91 Å². The number of carbonyl (C=O) groups is 1. The topological polar surface area (TPSA) is 86.0 Å². The molecule has 0 aliphatic carbocycles. The van der Waals surface area contributed by atoms with Gasteiger partial charge in [-0.05, 0) is 31.9 Å². The fourth-order valence-corrected chi connectivity index (χ4v) is 1.45. The van der Waals surface area contributed by atoms with E-state index < -0.39 is 0 Å². The van der Waals surface area contributed by atoms with Crippen molar-refractivity contribution in [2.75, 3.05) is 6.54 Å². The van der Waals surface area contributed by atoms with E-state index in [9.17, 15) is 9.90 Å². The van der Waals surface area contributed by atoms with Crippen LogP contribution in [0.3, 0.4) is 0 Å². The molecule has 5 nitrogen and oxygen atoms in total. The average Bonchev–Trinajstić information content (AvgIpc) is 2.38. The van der Waals surface area contributed by atoms with Gasteiger partial charge in [-0.1, -0.05) is 6.92 Å². The fourth-order valence-electron chi connectivity index (χ4n) is 1.45. The molecule has 1 rings (SSSR count). The lowest BCUT2D eigenvalue weighted by molar-refractivity contribution is 0.0937. The number of pyridine rings is 1. The maximum Gasteiger partial charge on any atom is 0.269 e. The van der Waals surface area contributed by atoms with Crippen LogP contribution in [0.15, 0.2) is 12.1 Å². The van der Waals surface area contributed by atoms with E-state index in [-0.39, 0.29) is 17.7 Å². The number of aryl methyl sites for hydroxylation is 1. The monoisotopic (exact) mass is 247 g/mol. The molecule has 18 heavy (non-hydrogen) atoms. The van der Waals surface area contributed by atoms with Crippen LogP contribution in [0.25, 0.3) is 0 Å². The second kappa shape index (κ2) is 6.72. The number of aliphatic hydroxyl groups is 1. The maximum atomic E-state index is 11.7. The van der Waals surface area contributed by atoms with Crippen LogP contribution in [0.1, 0.15) is 41.5 Å². The molecule has 96 valence electrons. The molecular formula is C13H17N3O2. The minimum Gasteiger partial charge on any atom is -0.393 e. The lowest BCUT2D eigenvalue weighted by Crippen LogP contribution is -2.27. The van der Waals surface area contributed by atoms with Crippen molar-refractivity contribution in [1.82, 2.24) is 10.3 Å². The first-order valence-corrected chi connectivity index (χ1v) is 5.92. The van der Waals surface area contributed by atoms with E-state index in [1.807, 2.05) is 13.0 Å². The van der Waals surface area contributed by atoms with Crippen molar-refractivity contribution < 1.29 is 9.90 Å². The average molecular weight is 247 g/mol. The molecule has 1 amide bonds. The molecule has 0 aliphatic rings. The molecule has 1 aromatic heterocycles. The first kappa shape index (κ1) is 14.1. The van der Waals surface area contributed by atoms with Crippen LogP contribution in [0, 0.1) is 18.3 Å². The number of aromatic nitrogens is 1. The van der Waals surface area contributed by atoms with Gasteiger partial charge in [0, 0.05) is 6.54 Å². The molecule has 1 aromatic rings. The second-order valence-corrected chi connectivity index (χ2v) is 4.05.